The minimum atomic E-state index is -3.78. The van der Waals surface area contributed by atoms with Crippen LogP contribution in [-0.2, 0) is 10.0 Å². The Morgan fingerprint density at radius 1 is 1.33 bits per heavy atom. The molecule has 0 saturated heterocycles. The molecule has 0 aliphatic heterocycles. The molecule has 10 heteroatoms. The molecule has 0 aliphatic carbocycles. The van der Waals surface area contributed by atoms with Crippen LogP contribution >= 0.6 is 12.0 Å². The molecule has 27 heavy (non-hydrogen) atoms. The minimum absolute atomic E-state index is 0.0187. The second-order valence-electron chi connectivity index (χ2n) is 5.86. The van der Waals surface area contributed by atoms with Crippen molar-refractivity contribution in [3.63, 3.8) is 0 Å². The third-order valence-corrected chi connectivity index (χ3v) is 5.70. The summed E-state index contributed by atoms with van der Waals surface area (Å²) in [6.45, 7) is 5.88. The van der Waals surface area contributed by atoms with E-state index in [0.29, 0.717) is 41.2 Å². The summed E-state index contributed by atoms with van der Waals surface area (Å²) in [6.07, 6.45) is 0.775. The Morgan fingerprint density at radius 3 is 2.70 bits per heavy atom. The Morgan fingerprint density at radius 2 is 2.07 bits per heavy atom. The van der Waals surface area contributed by atoms with Crippen molar-refractivity contribution in [2.24, 2.45) is 0 Å². The largest absolute Gasteiger partial charge is 0.493 e. The molecule has 0 unspecified atom stereocenters. The topological polar surface area (TPSA) is 121 Å². The van der Waals surface area contributed by atoms with Crippen LogP contribution in [0.25, 0.3) is 11.4 Å². The Bertz CT molecular complexity index is 958. The summed E-state index contributed by atoms with van der Waals surface area (Å²) in [5.74, 6) is 0.917. The standard InChI is InChI=1S/C17H23N3O5S2/c1-4-8-25-15-6-5-13(27(23,24)18-7-9-26-22)10-14(15)16-19-12(3)11(2)17(21)20-16/h5-6,10,18,22H,4,7-9H2,1-3H3,(H,19,20,21). The molecule has 2 aromatic rings. The second-order valence-corrected chi connectivity index (χ2v) is 8.30. The highest BCUT2D eigenvalue weighted by molar-refractivity contribution is 7.93. The van der Waals surface area contributed by atoms with Gasteiger partial charge >= 0.3 is 0 Å². The number of aromatic nitrogens is 2. The van der Waals surface area contributed by atoms with Crippen molar-refractivity contribution < 1.29 is 17.7 Å². The maximum absolute atomic E-state index is 12.5. The first-order valence-corrected chi connectivity index (χ1v) is 10.8. The molecule has 2 rings (SSSR count). The Balaban J connectivity index is 2.54. The lowest BCUT2D eigenvalue weighted by Gasteiger charge is -2.14. The maximum Gasteiger partial charge on any atom is 0.254 e. The SMILES string of the molecule is CCCOc1ccc(S(=O)(=O)NCCSO)cc1-c1nc(C)c(C)c(=O)[nH]1. The molecule has 148 valence electrons. The summed E-state index contributed by atoms with van der Waals surface area (Å²) in [6, 6.07) is 4.41. The van der Waals surface area contributed by atoms with Crippen LogP contribution in [0.2, 0.25) is 0 Å². The van der Waals surface area contributed by atoms with Gasteiger partial charge in [0.05, 0.1) is 17.1 Å². The highest BCUT2D eigenvalue weighted by atomic mass is 32.2. The molecule has 0 atom stereocenters. The van der Waals surface area contributed by atoms with Crippen molar-refractivity contribution in [2.75, 3.05) is 18.9 Å². The van der Waals surface area contributed by atoms with Gasteiger partial charge in [0.1, 0.15) is 11.6 Å². The quantitative estimate of drug-likeness (QED) is 0.426. The van der Waals surface area contributed by atoms with Crippen LogP contribution in [0.5, 0.6) is 5.75 Å². The number of aryl methyl sites for hydroxylation is 1. The van der Waals surface area contributed by atoms with Gasteiger partial charge in [0.15, 0.2) is 0 Å². The molecule has 0 fully saturated rings. The van der Waals surface area contributed by atoms with Gasteiger partial charge in [-0.25, -0.2) is 18.1 Å². The Labute approximate surface area is 162 Å². The summed E-state index contributed by atoms with van der Waals surface area (Å²) in [4.78, 5) is 19.2. The zero-order chi connectivity index (χ0) is 20.0. The Hall–Kier alpha value is -1.88. The van der Waals surface area contributed by atoms with Crippen molar-refractivity contribution >= 4 is 22.1 Å². The molecule has 1 aromatic heterocycles. The van der Waals surface area contributed by atoms with Crippen LogP contribution < -0.4 is 15.0 Å². The number of aromatic amines is 1. The fourth-order valence-corrected chi connectivity index (χ4v) is 3.66. The monoisotopic (exact) mass is 413 g/mol. The number of hydrogen-bond acceptors (Lipinski definition) is 7. The van der Waals surface area contributed by atoms with E-state index in [2.05, 4.69) is 14.7 Å². The number of nitrogens with one attached hydrogen (secondary N) is 2. The maximum atomic E-state index is 12.5. The molecular weight excluding hydrogens is 390 g/mol. The van der Waals surface area contributed by atoms with Gasteiger partial charge in [-0.1, -0.05) is 6.92 Å². The van der Waals surface area contributed by atoms with Gasteiger partial charge in [-0.3, -0.25) is 4.79 Å². The molecule has 0 amide bonds. The highest BCUT2D eigenvalue weighted by Crippen LogP contribution is 2.30. The van der Waals surface area contributed by atoms with Crippen molar-refractivity contribution in [2.45, 2.75) is 32.1 Å². The molecule has 1 heterocycles. The fraction of sp³-hybridized carbons (Fsp3) is 0.412. The van der Waals surface area contributed by atoms with Crippen LogP contribution in [0.3, 0.4) is 0 Å². The third kappa shape index (κ3) is 5.32. The van der Waals surface area contributed by atoms with Crippen molar-refractivity contribution in [1.82, 2.24) is 14.7 Å². The molecule has 0 spiro atoms. The van der Waals surface area contributed by atoms with Gasteiger partial charge in [-0.05, 0) is 50.5 Å². The predicted molar refractivity (Wildman–Crippen MR) is 106 cm³/mol. The second kappa shape index (κ2) is 9.36. The van der Waals surface area contributed by atoms with Crippen LogP contribution in [0.15, 0.2) is 27.9 Å². The number of sulfonamides is 1. The van der Waals surface area contributed by atoms with Gasteiger partial charge < -0.3 is 14.3 Å². The number of ether oxygens (including phenoxy) is 1. The van der Waals surface area contributed by atoms with Gasteiger partial charge in [0, 0.05) is 23.6 Å². The number of hydrogen-bond donors (Lipinski definition) is 3. The summed E-state index contributed by atoms with van der Waals surface area (Å²) < 4.78 is 41.8. The smallest absolute Gasteiger partial charge is 0.254 e. The van der Waals surface area contributed by atoms with E-state index < -0.39 is 10.0 Å². The molecule has 0 aliphatic rings. The first-order chi connectivity index (χ1) is 12.8. The van der Waals surface area contributed by atoms with Crippen LogP contribution in [0.4, 0.5) is 0 Å². The third-order valence-electron chi connectivity index (χ3n) is 3.86. The van der Waals surface area contributed by atoms with E-state index in [1.54, 1.807) is 19.9 Å². The highest BCUT2D eigenvalue weighted by Gasteiger charge is 2.19. The van der Waals surface area contributed by atoms with Crippen LogP contribution in [-0.4, -0.2) is 41.8 Å². The van der Waals surface area contributed by atoms with E-state index in [1.807, 2.05) is 6.92 Å². The van der Waals surface area contributed by atoms with E-state index >= 15 is 0 Å². The van der Waals surface area contributed by atoms with E-state index in [-0.39, 0.29) is 28.6 Å². The van der Waals surface area contributed by atoms with Crippen LogP contribution in [0.1, 0.15) is 24.6 Å². The lowest BCUT2D eigenvalue weighted by Crippen LogP contribution is -2.26. The zero-order valence-corrected chi connectivity index (χ0v) is 17.0. The zero-order valence-electron chi connectivity index (χ0n) is 15.4. The molecule has 0 saturated carbocycles. The Kier molecular flexibility index (Phi) is 7.42. The van der Waals surface area contributed by atoms with Gasteiger partial charge in [-0.2, -0.15) is 0 Å². The fourth-order valence-electron chi connectivity index (χ4n) is 2.28. The predicted octanol–water partition coefficient (Wildman–Crippen LogP) is 2.33. The molecule has 0 bridgehead atoms. The first kappa shape index (κ1) is 21.4. The van der Waals surface area contributed by atoms with Crippen molar-refractivity contribution in [1.29, 1.82) is 0 Å². The average molecular weight is 414 g/mol. The van der Waals surface area contributed by atoms with E-state index in [0.717, 1.165) is 6.42 Å². The van der Waals surface area contributed by atoms with Crippen LogP contribution in [0, 0.1) is 13.8 Å². The first-order valence-electron chi connectivity index (χ1n) is 8.41. The van der Waals surface area contributed by atoms with Gasteiger partial charge in [0.2, 0.25) is 10.0 Å². The van der Waals surface area contributed by atoms with E-state index in [9.17, 15) is 13.2 Å². The molecule has 0 radical (unpaired) electrons. The summed E-state index contributed by atoms with van der Waals surface area (Å²) in [5, 5.41) is 0. The molecule has 8 nitrogen and oxygen atoms in total. The van der Waals surface area contributed by atoms with Gasteiger partial charge in [-0.15, -0.1) is 0 Å². The van der Waals surface area contributed by atoms with Crippen molar-refractivity contribution in [3.8, 4) is 17.1 Å². The minimum Gasteiger partial charge on any atom is -0.493 e. The summed E-state index contributed by atoms with van der Waals surface area (Å²) in [5.41, 5.74) is 1.16. The number of nitrogens with zero attached hydrogens (tertiary/aromatic N) is 1. The van der Waals surface area contributed by atoms with E-state index in [4.69, 9.17) is 9.29 Å². The lowest BCUT2D eigenvalue weighted by atomic mass is 10.1. The molecular formula is C17H23N3O5S2. The van der Waals surface area contributed by atoms with E-state index in [1.165, 1.54) is 12.1 Å². The number of rotatable bonds is 9. The summed E-state index contributed by atoms with van der Waals surface area (Å²) in [7, 11) is -3.78. The number of benzene rings is 1. The van der Waals surface area contributed by atoms with Crippen molar-refractivity contribution in [3.05, 3.63) is 39.8 Å². The summed E-state index contributed by atoms with van der Waals surface area (Å²) >= 11 is 0.557. The average Bonchev–Trinajstić information content (AvgIpc) is 2.64. The molecule has 3 N–H and O–H groups in total. The molecule has 1 aromatic carbocycles. The lowest BCUT2D eigenvalue weighted by molar-refractivity contribution is 0.318. The number of H-pyrrole nitrogens is 1. The van der Waals surface area contributed by atoms with Gasteiger partial charge in [0.25, 0.3) is 5.56 Å². The normalized spacial score (nSPS) is 11.6.